The van der Waals surface area contributed by atoms with Crippen LogP contribution in [0, 0.1) is 10.1 Å². The highest BCUT2D eigenvalue weighted by molar-refractivity contribution is 6.46. The van der Waals surface area contributed by atoms with Gasteiger partial charge in [-0.15, -0.1) is 0 Å². The Balaban J connectivity index is 2.10. The van der Waals surface area contributed by atoms with E-state index >= 15 is 0 Å². The summed E-state index contributed by atoms with van der Waals surface area (Å²) in [4.78, 5) is 38.0. The van der Waals surface area contributed by atoms with Crippen molar-refractivity contribution in [1.29, 1.82) is 0 Å². The van der Waals surface area contributed by atoms with E-state index in [2.05, 4.69) is 0 Å². The number of aliphatic hydroxyl groups excluding tert-OH is 1. The second-order valence-corrected chi connectivity index (χ2v) is 8.24. The summed E-state index contributed by atoms with van der Waals surface area (Å²) in [5.41, 5.74) is 0.465. The number of unbranched alkanes of at least 4 members (excludes halogenated alkanes) is 2. The van der Waals surface area contributed by atoms with E-state index in [9.17, 15) is 24.8 Å². The molecule has 8 heteroatoms. The summed E-state index contributed by atoms with van der Waals surface area (Å²) in [5, 5.41) is 22.2. The molecule has 33 heavy (non-hydrogen) atoms. The number of nitro benzene ring substituents is 1. The van der Waals surface area contributed by atoms with Crippen LogP contribution in [0.3, 0.4) is 0 Å². The van der Waals surface area contributed by atoms with Crippen LogP contribution in [-0.4, -0.2) is 39.3 Å². The van der Waals surface area contributed by atoms with Gasteiger partial charge in [0.25, 0.3) is 17.4 Å². The van der Waals surface area contributed by atoms with Crippen molar-refractivity contribution < 1.29 is 24.4 Å². The van der Waals surface area contributed by atoms with Crippen LogP contribution in [0.5, 0.6) is 5.75 Å². The zero-order chi connectivity index (χ0) is 24.1. The Kier molecular flexibility index (Phi) is 7.48. The van der Waals surface area contributed by atoms with Crippen molar-refractivity contribution in [3.63, 3.8) is 0 Å². The molecule has 0 aliphatic carbocycles. The van der Waals surface area contributed by atoms with Crippen LogP contribution in [0.1, 0.15) is 57.2 Å². The lowest BCUT2D eigenvalue weighted by atomic mass is 9.95. The number of amides is 1. The number of aliphatic hydroxyl groups is 1. The fourth-order valence-corrected chi connectivity index (χ4v) is 3.91. The Morgan fingerprint density at radius 1 is 1.15 bits per heavy atom. The average molecular weight is 453 g/mol. The van der Waals surface area contributed by atoms with Gasteiger partial charge in [0.1, 0.15) is 11.5 Å². The van der Waals surface area contributed by atoms with Gasteiger partial charge in [-0.3, -0.25) is 19.7 Å². The summed E-state index contributed by atoms with van der Waals surface area (Å²) in [6, 6.07) is 11.6. The molecule has 1 unspecified atom stereocenters. The third-order valence-electron chi connectivity index (χ3n) is 5.44. The summed E-state index contributed by atoms with van der Waals surface area (Å²) < 4.78 is 5.69. The molecule has 2 aromatic carbocycles. The third kappa shape index (κ3) is 5.22. The average Bonchev–Trinajstić information content (AvgIpc) is 3.04. The van der Waals surface area contributed by atoms with Crippen molar-refractivity contribution in [3.8, 4) is 5.75 Å². The van der Waals surface area contributed by atoms with Crippen molar-refractivity contribution >= 4 is 23.1 Å². The van der Waals surface area contributed by atoms with E-state index in [1.54, 1.807) is 24.3 Å². The minimum Gasteiger partial charge on any atom is -0.507 e. The topological polar surface area (TPSA) is 110 Å². The molecule has 0 aromatic heterocycles. The highest BCUT2D eigenvalue weighted by atomic mass is 16.6. The lowest BCUT2D eigenvalue weighted by Crippen LogP contribution is -2.30. The van der Waals surface area contributed by atoms with Gasteiger partial charge in [-0.25, -0.2) is 0 Å². The number of Topliss-reactive ketones (excluding diaryl/α,β-unsaturated/α-hetero) is 1. The van der Waals surface area contributed by atoms with Crippen LogP contribution in [-0.2, 0) is 9.59 Å². The number of carbonyl (C=O) groups is 2. The van der Waals surface area contributed by atoms with Gasteiger partial charge in [-0.2, -0.15) is 0 Å². The Hall–Kier alpha value is -3.68. The van der Waals surface area contributed by atoms with Gasteiger partial charge in [0.2, 0.25) is 0 Å². The quantitative estimate of drug-likeness (QED) is 0.143. The lowest BCUT2D eigenvalue weighted by molar-refractivity contribution is -0.384. The first-order valence-corrected chi connectivity index (χ1v) is 11.0. The summed E-state index contributed by atoms with van der Waals surface area (Å²) in [6.07, 6.45) is 2.54. The van der Waals surface area contributed by atoms with Crippen molar-refractivity contribution in [2.45, 2.75) is 52.2 Å². The summed E-state index contributed by atoms with van der Waals surface area (Å²) in [7, 11) is 0. The summed E-state index contributed by atoms with van der Waals surface area (Å²) >= 11 is 0. The zero-order valence-electron chi connectivity index (χ0n) is 19.0. The van der Waals surface area contributed by atoms with Crippen LogP contribution in [0.4, 0.5) is 5.69 Å². The Morgan fingerprint density at radius 3 is 2.45 bits per heavy atom. The van der Waals surface area contributed by atoms with Gasteiger partial charge >= 0.3 is 0 Å². The van der Waals surface area contributed by atoms with E-state index in [1.165, 1.54) is 29.2 Å². The van der Waals surface area contributed by atoms with E-state index in [0.717, 1.165) is 12.8 Å². The number of rotatable bonds is 9. The number of nitro groups is 1. The van der Waals surface area contributed by atoms with E-state index in [1.807, 2.05) is 20.8 Å². The maximum atomic E-state index is 13.0. The number of likely N-dealkylation sites (tertiary alicyclic amines) is 1. The van der Waals surface area contributed by atoms with Crippen LogP contribution in [0.25, 0.3) is 5.76 Å². The highest BCUT2D eigenvalue weighted by Crippen LogP contribution is 2.40. The first-order chi connectivity index (χ1) is 15.7. The molecule has 1 heterocycles. The van der Waals surface area contributed by atoms with Crippen LogP contribution >= 0.6 is 0 Å². The largest absolute Gasteiger partial charge is 0.507 e. The van der Waals surface area contributed by atoms with E-state index < -0.39 is 28.4 Å². The number of non-ortho nitro benzene ring substituents is 1. The third-order valence-corrected chi connectivity index (χ3v) is 5.44. The monoisotopic (exact) mass is 452 g/mol. The fourth-order valence-electron chi connectivity index (χ4n) is 3.91. The van der Waals surface area contributed by atoms with Crippen molar-refractivity contribution in [3.05, 3.63) is 75.3 Å². The number of hydrogen-bond acceptors (Lipinski definition) is 6. The molecule has 0 bridgehead atoms. The van der Waals surface area contributed by atoms with Crippen molar-refractivity contribution in [1.82, 2.24) is 4.90 Å². The number of carbonyl (C=O) groups excluding carboxylic acids is 2. The lowest BCUT2D eigenvalue weighted by Gasteiger charge is -2.25. The molecule has 0 radical (unpaired) electrons. The summed E-state index contributed by atoms with van der Waals surface area (Å²) in [5.74, 6) is -1.27. The maximum Gasteiger partial charge on any atom is 0.295 e. The molecule has 3 rings (SSSR count). The van der Waals surface area contributed by atoms with E-state index in [-0.39, 0.29) is 22.9 Å². The molecule has 1 amide bonds. The van der Waals surface area contributed by atoms with E-state index in [4.69, 9.17) is 4.74 Å². The number of nitrogens with zero attached hydrogens (tertiary/aromatic N) is 2. The van der Waals surface area contributed by atoms with Gasteiger partial charge in [-0.1, -0.05) is 44.0 Å². The Labute approximate surface area is 192 Å². The molecule has 1 N–H and O–H groups in total. The molecule has 1 aliphatic heterocycles. The molecule has 1 saturated heterocycles. The molecule has 0 saturated carbocycles. The zero-order valence-corrected chi connectivity index (χ0v) is 19.0. The Morgan fingerprint density at radius 2 is 1.85 bits per heavy atom. The number of hydrogen-bond donors (Lipinski definition) is 1. The van der Waals surface area contributed by atoms with Crippen LogP contribution in [0.15, 0.2) is 54.1 Å². The second-order valence-electron chi connectivity index (χ2n) is 8.24. The number of benzene rings is 2. The fraction of sp³-hybridized carbons (Fsp3) is 0.360. The van der Waals surface area contributed by atoms with Crippen LogP contribution in [0.2, 0.25) is 0 Å². The second kappa shape index (κ2) is 10.3. The predicted octanol–water partition coefficient (Wildman–Crippen LogP) is 4.99. The molecular weight excluding hydrogens is 424 g/mol. The van der Waals surface area contributed by atoms with E-state index in [0.29, 0.717) is 24.3 Å². The van der Waals surface area contributed by atoms with Crippen molar-refractivity contribution in [2.75, 3.05) is 6.54 Å². The smallest absolute Gasteiger partial charge is 0.295 e. The van der Waals surface area contributed by atoms with Gasteiger partial charge in [-0.05, 0) is 38.0 Å². The molecule has 1 atom stereocenters. The molecule has 1 fully saturated rings. The summed E-state index contributed by atoms with van der Waals surface area (Å²) in [6.45, 7) is 6.23. The minimum absolute atomic E-state index is 0.00981. The minimum atomic E-state index is -0.803. The Bertz CT molecular complexity index is 1070. The molecule has 2 aromatic rings. The first kappa shape index (κ1) is 24.0. The van der Waals surface area contributed by atoms with Gasteiger partial charge in [0.05, 0.1) is 22.6 Å². The molecule has 0 spiro atoms. The predicted molar refractivity (Wildman–Crippen MR) is 124 cm³/mol. The number of ether oxygens (including phenoxy) is 1. The van der Waals surface area contributed by atoms with Crippen molar-refractivity contribution in [2.24, 2.45) is 0 Å². The standard InChI is InChI=1S/C25H28N2O6/c1-4-5-6-14-26-22(17-10-12-20(13-11-17)33-16(2)3)21(24(29)25(26)30)23(28)18-8-7-9-19(15-18)27(31)32/h7-13,15-16,22,28H,4-6,14H2,1-3H3/b23-21-. The first-order valence-electron chi connectivity index (χ1n) is 11.0. The highest BCUT2D eigenvalue weighted by Gasteiger charge is 2.45. The molecule has 174 valence electrons. The maximum absolute atomic E-state index is 13.0. The van der Waals surface area contributed by atoms with Gasteiger partial charge < -0.3 is 14.7 Å². The SMILES string of the molecule is CCCCCN1C(=O)C(=O)/C(=C(\O)c2cccc([N+](=O)[O-])c2)C1c1ccc(OC(C)C)cc1. The van der Waals surface area contributed by atoms with Crippen LogP contribution < -0.4 is 4.74 Å². The normalized spacial score (nSPS) is 17.6. The molecule has 8 nitrogen and oxygen atoms in total. The van der Waals surface area contributed by atoms with Gasteiger partial charge in [0, 0.05) is 24.2 Å². The molecular formula is C25H28N2O6. The van der Waals surface area contributed by atoms with Gasteiger partial charge in [0.15, 0.2) is 0 Å². The number of ketones is 1. The molecule has 1 aliphatic rings.